The van der Waals surface area contributed by atoms with Crippen LogP contribution in [0, 0.1) is 5.92 Å². The molecule has 0 aromatic heterocycles. The maximum absolute atomic E-state index is 13.1. The highest BCUT2D eigenvalue weighted by atomic mass is 16.5. The number of fused-ring (bicyclic) bond motifs is 1. The smallest absolute Gasteiger partial charge is 0.337 e. The van der Waals surface area contributed by atoms with Gasteiger partial charge in [0.1, 0.15) is 11.8 Å². The van der Waals surface area contributed by atoms with E-state index in [0.29, 0.717) is 6.42 Å². The Kier molecular flexibility index (Phi) is 5.86. The van der Waals surface area contributed by atoms with Gasteiger partial charge in [-0.3, -0.25) is 19.3 Å². The molecule has 30 heavy (non-hydrogen) atoms. The summed E-state index contributed by atoms with van der Waals surface area (Å²) in [4.78, 5) is 51.4. The second-order valence-corrected chi connectivity index (χ2v) is 7.07. The van der Waals surface area contributed by atoms with Gasteiger partial charge >= 0.3 is 5.97 Å². The van der Waals surface area contributed by atoms with Crippen molar-refractivity contribution in [3.05, 3.63) is 59.2 Å². The fraction of sp³-hybridized carbons (Fsp3) is 0.273. The standard InChI is InChI=1S/C22H22N2O6/c1-4-12(2)18(24-20(27)14-7-5-6-8-15(14)21(24)28)19(26)23-16-10-9-13(11-17(16)25)22(29)30-3/h5-12,18,25H,4H2,1-3H3,(H,23,26). The molecular weight excluding hydrogens is 388 g/mol. The van der Waals surface area contributed by atoms with Gasteiger partial charge in [0.15, 0.2) is 0 Å². The Labute approximate surface area is 173 Å². The molecule has 0 fully saturated rings. The quantitative estimate of drug-likeness (QED) is 0.430. The van der Waals surface area contributed by atoms with Crippen molar-refractivity contribution in [3.8, 4) is 5.75 Å². The Bertz CT molecular complexity index is 997. The predicted octanol–water partition coefficient (Wildman–Crippen LogP) is 2.83. The molecule has 2 aromatic carbocycles. The molecule has 0 radical (unpaired) electrons. The second kappa shape index (κ2) is 8.36. The molecule has 0 bridgehead atoms. The summed E-state index contributed by atoms with van der Waals surface area (Å²) in [5.41, 5.74) is 0.687. The maximum atomic E-state index is 13.1. The second-order valence-electron chi connectivity index (χ2n) is 7.07. The molecule has 1 heterocycles. The molecule has 3 rings (SSSR count). The number of methoxy groups -OCH3 is 1. The summed E-state index contributed by atoms with van der Waals surface area (Å²) in [6.45, 7) is 3.62. The summed E-state index contributed by atoms with van der Waals surface area (Å²) >= 11 is 0. The minimum Gasteiger partial charge on any atom is -0.506 e. The van der Waals surface area contributed by atoms with Crippen LogP contribution in [0.1, 0.15) is 51.3 Å². The number of carbonyl (C=O) groups is 4. The van der Waals surface area contributed by atoms with Crippen molar-refractivity contribution in [2.45, 2.75) is 26.3 Å². The van der Waals surface area contributed by atoms with Crippen molar-refractivity contribution in [1.29, 1.82) is 0 Å². The van der Waals surface area contributed by atoms with E-state index in [9.17, 15) is 24.3 Å². The molecular formula is C22H22N2O6. The third kappa shape index (κ3) is 3.63. The van der Waals surface area contributed by atoms with Crippen molar-refractivity contribution in [2.75, 3.05) is 12.4 Å². The number of imide groups is 1. The molecule has 1 aliphatic rings. The summed E-state index contributed by atoms with van der Waals surface area (Å²) in [5, 5.41) is 12.8. The molecule has 2 N–H and O–H groups in total. The molecule has 0 aliphatic carbocycles. The molecule has 0 saturated heterocycles. The molecule has 8 nitrogen and oxygen atoms in total. The van der Waals surface area contributed by atoms with Crippen molar-refractivity contribution in [2.24, 2.45) is 5.92 Å². The molecule has 1 aliphatic heterocycles. The van der Waals surface area contributed by atoms with Crippen LogP contribution < -0.4 is 5.32 Å². The normalized spacial score (nSPS) is 14.8. The topological polar surface area (TPSA) is 113 Å². The number of nitrogens with zero attached hydrogens (tertiary/aromatic N) is 1. The number of aromatic hydroxyl groups is 1. The number of rotatable bonds is 6. The number of phenols is 1. The molecule has 2 atom stereocenters. The SMILES string of the molecule is CCC(C)C(C(=O)Nc1ccc(C(=O)OC)cc1O)N1C(=O)c2ccccc2C1=O. The maximum Gasteiger partial charge on any atom is 0.337 e. The Morgan fingerprint density at radius 3 is 2.20 bits per heavy atom. The Balaban J connectivity index is 1.91. The van der Waals surface area contributed by atoms with E-state index < -0.39 is 29.7 Å². The van der Waals surface area contributed by atoms with Crippen molar-refractivity contribution >= 4 is 29.4 Å². The van der Waals surface area contributed by atoms with E-state index in [1.165, 1.54) is 25.3 Å². The van der Waals surface area contributed by atoms with Crippen LogP contribution in [-0.4, -0.2) is 46.8 Å². The zero-order valence-corrected chi connectivity index (χ0v) is 16.8. The van der Waals surface area contributed by atoms with Crippen molar-refractivity contribution in [1.82, 2.24) is 4.90 Å². The van der Waals surface area contributed by atoms with E-state index in [-0.39, 0.29) is 34.0 Å². The third-order valence-corrected chi connectivity index (χ3v) is 5.23. The van der Waals surface area contributed by atoms with Crippen LogP contribution in [0.4, 0.5) is 5.69 Å². The van der Waals surface area contributed by atoms with Crippen LogP contribution in [0.2, 0.25) is 0 Å². The molecule has 156 valence electrons. The lowest BCUT2D eigenvalue weighted by molar-refractivity contribution is -0.121. The van der Waals surface area contributed by atoms with E-state index in [0.717, 1.165) is 4.90 Å². The Hall–Kier alpha value is -3.68. The van der Waals surface area contributed by atoms with Crippen LogP contribution in [0.5, 0.6) is 5.75 Å². The van der Waals surface area contributed by atoms with Crippen molar-refractivity contribution < 1.29 is 29.0 Å². The van der Waals surface area contributed by atoms with Gasteiger partial charge in [-0.1, -0.05) is 32.4 Å². The number of hydrogen-bond donors (Lipinski definition) is 2. The Morgan fingerprint density at radius 1 is 1.10 bits per heavy atom. The van der Waals surface area contributed by atoms with Gasteiger partial charge in [-0.15, -0.1) is 0 Å². The molecule has 0 spiro atoms. The first-order valence-corrected chi connectivity index (χ1v) is 9.49. The largest absolute Gasteiger partial charge is 0.506 e. The number of hydrogen-bond acceptors (Lipinski definition) is 6. The van der Waals surface area contributed by atoms with Crippen molar-refractivity contribution in [3.63, 3.8) is 0 Å². The molecule has 8 heteroatoms. The molecule has 2 unspecified atom stereocenters. The van der Waals surface area contributed by atoms with Gasteiger partial charge in [0, 0.05) is 0 Å². The van der Waals surface area contributed by atoms with Gasteiger partial charge < -0.3 is 15.2 Å². The lowest BCUT2D eigenvalue weighted by Crippen LogP contribution is -2.50. The van der Waals surface area contributed by atoms with Gasteiger partial charge in [-0.25, -0.2) is 4.79 Å². The van der Waals surface area contributed by atoms with Crippen LogP contribution in [-0.2, 0) is 9.53 Å². The Morgan fingerprint density at radius 2 is 1.70 bits per heavy atom. The highest BCUT2D eigenvalue weighted by Gasteiger charge is 2.44. The number of nitrogens with one attached hydrogen (secondary N) is 1. The van der Waals surface area contributed by atoms with Gasteiger partial charge in [-0.05, 0) is 36.2 Å². The summed E-state index contributed by atoms with van der Waals surface area (Å²) in [7, 11) is 1.22. The molecule has 0 saturated carbocycles. The molecule has 3 amide bonds. The van der Waals surface area contributed by atoms with E-state index in [2.05, 4.69) is 10.1 Å². The van der Waals surface area contributed by atoms with E-state index >= 15 is 0 Å². The van der Waals surface area contributed by atoms with E-state index in [4.69, 9.17) is 0 Å². The lowest BCUT2D eigenvalue weighted by atomic mass is 9.96. The van der Waals surface area contributed by atoms with Crippen LogP contribution in [0.15, 0.2) is 42.5 Å². The predicted molar refractivity (Wildman–Crippen MR) is 108 cm³/mol. The van der Waals surface area contributed by atoms with E-state index in [1.807, 2.05) is 6.92 Å². The summed E-state index contributed by atoms with van der Waals surface area (Å²) in [6.07, 6.45) is 0.540. The van der Waals surface area contributed by atoms with Crippen LogP contribution in [0.25, 0.3) is 0 Å². The third-order valence-electron chi connectivity index (χ3n) is 5.23. The summed E-state index contributed by atoms with van der Waals surface area (Å²) in [6, 6.07) is 9.27. The zero-order valence-electron chi connectivity index (χ0n) is 16.8. The fourth-order valence-corrected chi connectivity index (χ4v) is 3.40. The van der Waals surface area contributed by atoms with Gasteiger partial charge in [0.25, 0.3) is 11.8 Å². The van der Waals surface area contributed by atoms with Gasteiger partial charge in [-0.2, -0.15) is 0 Å². The number of amides is 3. The highest BCUT2D eigenvalue weighted by molar-refractivity contribution is 6.23. The summed E-state index contributed by atoms with van der Waals surface area (Å²) in [5.74, 6) is -2.96. The van der Waals surface area contributed by atoms with Crippen LogP contribution in [0.3, 0.4) is 0 Å². The first kappa shape index (κ1) is 21.0. The average molecular weight is 410 g/mol. The monoisotopic (exact) mass is 410 g/mol. The first-order chi connectivity index (χ1) is 14.3. The molecule has 2 aromatic rings. The van der Waals surface area contributed by atoms with Gasteiger partial charge in [0.2, 0.25) is 5.91 Å². The minimum atomic E-state index is -1.07. The average Bonchev–Trinajstić information content (AvgIpc) is 3.00. The zero-order chi connectivity index (χ0) is 22.0. The number of phenolic OH excluding ortho intramolecular Hbond substituents is 1. The van der Waals surface area contributed by atoms with E-state index in [1.54, 1.807) is 31.2 Å². The number of esters is 1. The number of benzene rings is 2. The number of carbonyl (C=O) groups excluding carboxylic acids is 4. The first-order valence-electron chi connectivity index (χ1n) is 9.49. The number of ether oxygens (including phenoxy) is 1. The number of anilines is 1. The summed E-state index contributed by atoms with van der Waals surface area (Å²) < 4.78 is 4.60. The lowest BCUT2D eigenvalue weighted by Gasteiger charge is -2.29. The van der Waals surface area contributed by atoms with Gasteiger partial charge in [0.05, 0.1) is 29.5 Å². The fourth-order valence-electron chi connectivity index (χ4n) is 3.40. The highest BCUT2D eigenvalue weighted by Crippen LogP contribution is 2.30. The van der Waals surface area contributed by atoms with Crippen LogP contribution >= 0.6 is 0 Å². The minimum absolute atomic E-state index is 0.0533.